The molecule has 0 radical (unpaired) electrons. The Morgan fingerprint density at radius 3 is 2.52 bits per heavy atom. The maximum atomic E-state index is 13.0. The largest absolute Gasteiger partial charge is 0.339 e. The molecule has 2 aromatic rings. The summed E-state index contributed by atoms with van der Waals surface area (Å²) in [6, 6.07) is 5.95. The van der Waals surface area contributed by atoms with Crippen molar-refractivity contribution in [3.63, 3.8) is 0 Å². The van der Waals surface area contributed by atoms with Crippen molar-refractivity contribution in [2.24, 2.45) is 5.92 Å². The van der Waals surface area contributed by atoms with Crippen molar-refractivity contribution in [1.29, 1.82) is 0 Å². The highest BCUT2D eigenvalue weighted by Gasteiger charge is 2.29. The molecule has 0 aliphatic carbocycles. The van der Waals surface area contributed by atoms with E-state index in [-0.39, 0.29) is 28.7 Å². The topological polar surface area (TPSA) is 99.7 Å². The highest BCUT2D eigenvalue weighted by Crippen LogP contribution is 2.24. The Morgan fingerprint density at radius 2 is 1.94 bits per heavy atom. The van der Waals surface area contributed by atoms with Crippen molar-refractivity contribution in [2.45, 2.75) is 44.6 Å². The number of carbonyl (C=O) groups excluding carboxylic acids is 2. The smallest absolute Gasteiger partial charge is 0.253 e. The normalized spacial score (nSPS) is 15.5. The fourth-order valence-corrected chi connectivity index (χ4v) is 5.48. The predicted molar refractivity (Wildman–Crippen MR) is 121 cm³/mol. The molecule has 8 nitrogen and oxygen atoms in total. The van der Waals surface area contributed by atoms with Gasteiger partial charge in [0.2, 0.25) is 15.9 Å². The summed E-state index contributed by atoms with van der Waals surface area (Å²) in [5.74, 6) is -0.482. The molecule has 0 bridgehead atoms. The second kappa shape index (κ2) is 9.46. The number of anilines is 1. The molecule has 0 atom stereocenters. The number of nitrogens with zero attached hydrogens (tertiary/aromatic N) is 3. The van der Waals surface area contributed by atoms with Crippen molar-refractivity contribution >= 4 is 38.3 Å². The van der Waals surface area contributed by atoms with E-state index in [1.165, 1.54) is 34.8 Å². The van der Waals surface area contributed by atoms with Gasteiger partial charge in [-0.3, -0.25) is 9.59 Å². The Bertz CT molecular complexity index is 1060. The van der Waals surface area contributed by atoms with Gasteiger partial charge in [-0.05, 0) is 51.8 Å². The number of carbonyl (C=O) groups is 2. The number of hydrogen-bond acceptors (Lipinski definition) is 6. The summed E-state index contributed by atoms with van der Waals surface area (Å²) >= 11 is 1.39. The molecule has 1 fully saturated rings. The first-order valence-electron chi connectivity index (χ1n) is 10.2. The molecule has 31 heavy (non-hydrogen) atoms. The monoisotopic (exact) mass is 464 g/mol. The Hall–Kier alpha value is -2.30. The molecule has 168 valence electrons. The van der Waals surface area contributed by atoms with Crippen LogP contribution in [0.1, 0.15) is 42.7 Å². The first kappa shape index (κ1) is 23.4. The zero-order chi connectivity index (χ0) is 22.8. The predicted octanol–water partition coefficient (Wildman–Crippen LogP) is 2.97. The Morgan fingerprint density at radius 1 is 1.26 bits per heavy atom. The first-order chi connectivity index (χ1) is 14.6. The van der Waals surface area contributed by atoms with Crippen LogP contribution < -0.4 is 5.32 Å². The van der Waals surface area contributed by atoms with E-state index in [1.54, 1.807) is 30.9 Å². The van der Waals surface area contributed by atoms with Crippen LogP contribution in [0.5, 0.6) is 0 Å². The van der Waals surface area contributed by atoms with Gasteiger partial charge in [-0.15, -0.1) is 11.3 Å². The van der Waals surface area contributed by atoms with E-state index in [4.69, 9.17) is 0 Å². The lowest BCUT2D eigenvalue weighted by Gasteiger charge is -2.31. The average molecular weight is 465 g/mol. The van der Waals surface area contributed by atoms with Gasteiger partial charge in [0.05, 0.1) is 10.6 Å². The number of benzene rings is 1. The highest BCUT2D eigenvalue weighted by molar-refractivity contribution is 7.89. The summed E-state index contributed by atoms with van der Waals surface area (Å²) in [6.07, 6.45) is 1.10. The molecule has 0 spiro atoms. The molecule has 1 aromatic carbocycles. The van der Waals surface area contributed by atoms with Crippen molar-refractivity contribution in [3.8, 4) is 0 Å². The Balaban J connectivity index is 1.64. The molecule has 1 aliphatic rings. The van der Waals surface area contributed by atoms with E-state index in [2.05, 4.69) is 10.3 Å². The third-order valence-corrected chi connectivity index (χ3v) is 8.39. The number of amides is 2. The van der Waals surface area contributed by atoms with E-state index in [0.29, 0.717) is 36.6 Å². The molecule has 2 amide bonds. The van der Waals surface area contributed by atoms with Crippen molar-refractivity contribution in [3.05, 3.63) is 40.9 Å². The fraction of sp³-hybridized carbons (Fsp3) is 0.476. The number of aryl methyl sites for hydroxylation is 1. The standard InChI is InChI=1S/C21H28N4O4S2/c1-14(2)24(4)31(28,29)18-7-5-6-17(12-18)20(27)25-10-8-16(9-11-25)19(26)23-21-22-15(3)13-30-21/h5-7,12-14,16H,8-11H2,1-4H3,(H,22,23,26). The molecule has 1 aliphatic heterocycles. The maximum Gasteiger partial charge on any atom is 0.253 e. The molecule has 1 aromatic heterocycles. The highest BCUT2D eigenvalue weighted by atomic mass is 32.2. The maximum absolute atomic E-state index is 13.0. The van der Waals surface area contributed by atoms with E-state index in [9.17, 15) is 18.0 Å². The van der Waals surface area contributed by atoms with Crippen LogP contribution in [0, 0.1) is 12.8 Å². The number of likely N-dealkylation sites (tertiary alicyclic amines) is 1. The van der Waals surface area contributed by atoms with Crippen molar-refractivity contribution in [1.82, 2.24) is 14.2 Å². The van der Waals surface area contributed by atoms with E-state index in [1.807, 2.05) is 12.3 Å². The van der Waals surface area contributed by atoms with Gasteiger partial charge in [0.25, 0.3) is 5.91 Å². The summed E-state index contributed by atoms with van der Waals surface area (Å²) < 4.78 is 26.8. The van der Waals surface area contributed by atoms with Crippen molar-refractivity contribution in [2.75, 3.05) is 25.5 Å². The van der Waals surface area contributed by atoms with Crippen LogP contribution in [0.15, 0.2) is 34.5 Å². The second-order valence-electron chi connectivity index (χ2n) is 7.99. The van der Waals surface area contributed by atoms with Crippen LogP contribution >= 0.6 is 11.3 Å². The van der Waals surface area contributed by atoms with Gasteiger partial charge in [0, 0.05) is 43.0 Å². The lowest BCUT2D eigenvalue weighted by Crippen LogP contribution is -2.41. The van der Waals surface area contributed by atoms with Gasteiger partial charge in [0.15, 0.2) is 5.13 Å². The fourth-order valence-electron chi connectivity index (χ4n) is 3.38. The minimum Gasteiger partial charge on any atom is -0.339 e. The van der Waals surface area contributed by atoms with Gasteiger partial charge in [0.1, 0.15) is 0 Å². The molecule has 0 unspecified atom stereocenters. The van der Waals surface area contributed by atoms with Crippen LogP contribution in [0.4, 0.5) is 5.13 Å². The van der Waals surface area contributed by atoms with Gasteiger partial charge in [-0.1, -0.05) is 6.07 Å². The lowest BCUT2D eigenvalue weighted by atomic mass is 9.95. The molecule has 10 heteroatoms. The van der Waals surface area contributed by atoms with Crippen LogP contribution in [0.25, 0.3) is 0 Å². The average Bonchev–Trinajstić information content (AvgIpc) is 3.17. The number of aromatic nitrogens is 1. The first-order valence-corrected chi connectivity index (χ1v) is 12.5. The van der Waals surface area contributed by atoms with Crippen LogP contribution in [0.2, 0.25) is 0 Å². The molecule has 1 N–H and O–H groups in total. The number of thiazole rings is 1. The van der Waals surface area contributed by atoms with Crippen LogP contribution in [-0.4, -0.2) is 60.6 Å². The van der Waals surface area contributed by atoms with Gasteiger partial charge in [-0.2, -0.15) is 4.31 Å². The minimum absolute atomic E-state index is 0.0775. The number of rotatable bonds is 6. The number of sulfonamides is 1. The zero-order valence-corrected chi connectivity index (χ0v) is 19.8. The molecule has 0 saturated carbocycles. The number of nitrogens with one attached hydrogen (secondary N) is 1. The molecule has 3 rings (SSSR count). The summed E-state index contributed by atoms with van der Waals surface area (Å²) in [5, 5.41) is 5.31. The molecule has 1 saturated heterocycles. The summed E-state index contributed by atoms with van der Waals surface area (Å²) in [5.41, 5.74) is 1.20. The van der Waals surface area contributed by atoms with Crippen molar-refractivity contribution < 1.29 is 18.0 Å². The van der Waals surface area contributed by atoms with E-state index < -0.39 is 10.0 Å². The third-order valence-electron chi connectivity index (χ3n) is 5.49. The number of piperidine rings is 1. The summed E-state index contributed by atoms with van der Waals surface area (Å²) in [7, 11) is -2.14. The second-order valence-corrected chi connectivity index (χ2v) is 10.8. The quantitative estimate of drug-likeness (QED) is 0.709. The minimum atomic E-state index is -3.67. The molecule has 2 heterocycles. The summed E-state index contributed by atoms with van der Waals surface area (Å²) in [6.45, 7) is 6.34. The Kier molecular flexibility index (Phi) is 7.13. The van der Waals surface area contributed by atoms with Gasteiger partial charge >= 0.3 is 0 Å². The van der Waals surface area contributed by atoms with Crippen LogP contribution in [0.3, 0.4) is 0 Å². The molecular weight excluding hydrogens is 436 g/mol. The van der Waals surface area contributed by atoms with Gasteiger partial charge in [-0.25, -0.2) is 13.4 Å². The third kappa shape index (κ3) is 5.31. The van der Waals surface area contributed by atoms with E-state index in [0.717, 1.165) is 5.69 Å². The zero-order valence-electron chi connectivity index (χ0n) is 18.2. The SMILES string of the molecule is Cc1csc(NC(=O)C2CCN(C(=O)c3cccc(S(=O)(=O)N(C)C(C)C)c3)CC2)n1. The molecular formula is C21H28N4O4S2. The van der Waals surface area contributed by atoms with E-state index >= 15 is 0 Å². The van der Waals surface area contributed by atoms with Gasteiger partial charge < -0.3 is 10.2 Å². The summed E-state index contributed by atoms with van der Waals surface area (Å²) in [4.78, 5) is 31.5. The van der Waals surface area contributed by atoms with Crippen LogP contribution in [-0.2, 0) is 14.8 Å². The Labute approximate surface area is 187 Å². The lowest BCUT2D eigenvalue weighted by molar-refractivity contribution is -0.121. The number of hydrogen-bond donors (Lipinski definition) is 1.